The van der Waals surface area contributed by atoms with E-state index in [-0.39, 0.29) is 6.04 Å². The van der Waals surface area contributed by atoms with E-state index in [0.717, 1.165) is 5.82 Å². The van der Waals surface area contributed by atoms with Gasteiger partial charge in [0.05, 0.1) is 6.61 Å². The van der Waals surface area contributed by atoms with Gasteiger partial charge in [-0.2, -0.15) is 0 Å². The number of hydrogen-bond acceptors (Lipinski definition) is 6. The van der Waals surface area contributed by atoms with E-state index in [4.69, 9.17) is 10.5 Å². The van der Waals surface area contributed by atoms with E-state index < -0.39 is 0 Å². The Morgan fingerprint density at radius 3 is 2.70 bits per heavy atom. The molecule has 1 aromatic rings. The van der Waals surface area contributed by atoms with E-state index in [0.29, 0.717) is 24.2 Å². The normalized spacial score (nSPS) is 17.7. The van der Waals surface area contributed by atoms with Crippen molar-refractivity contribution in [2.75, 3.05) is 30.1 Å². The van der Waals surface area contributed by atoms with Crippen molar-refractivity contribution in [3.63, 3.8) is 0 Å². The summed E-state index contributed by atoms with van der Waals surface area (Å²) >= 11 is 0. The second kappa shape index (κ2) is 7.28. The van der Waals surface area contributed by atoms with Crippen LogP contribution in [0.15, 0.2) is 6.33 Å². The van der Waals surface area contributed by atoms with Crippen LogP contribution in [0.3, 0.4) is 0 Å². The summed E-state index contributed by atoms with van der Waals surface area (Å²) in [7, 11) is 1.68. The number of nitrogen functional groups attached to an aromatic ring is 1. The fourth-order valence-corrected chi connectivity index (χ4v) is 2.59. The summed E-state index contributed by atoms with van der Waals surface area (Å²) in [5, 5.41) is 6.70. The lowest BCUT2D eigenvalue weighted by molar-refractivity contribution is 0.190. The minimum atomic E-state index is 0.153. The molecule has 1 aromatic heterocycles. The Labute approximate surface area is 120 Å². The largest absolute Gasteiger partial charge is 0.393 e. The third-order valence-corrected chi connectivity index (χ3v) is 3.63. The Bertz CT molecular complexity index is 420. The lowest BCUT2D eigenvalue weighted by Gasteiger charge is -2.24. The van der Waals surface area contributed by atoms with Crippen LogP contribution < -0.4 is 16.4 Å². The van der Waals surface area contributed by atoms with Crippen LogP contribution in [0, 0.1) is 0 Å². The monoisotopic (exact) mass is 279 g/mol. The lowest BCUT2D eigenvalue weighted by atomic mass is 9.95. The maximum absolute atomic E-state index is 6.15. The van der Waals surface area contributed by atoms with Crippen molar-refractivity contribution >= 4 is 17.3 Å². The number of aromatic nitrogens is 2. The second-order valence-corrected chi connectivity index (χ2v) is 5.46. The highest BCUT2D eigenvalue weighted by Gasteiger charge is 2.16. The standard InChI is InChI=1S/C14H25N5O/c1-10(8-20-2)18-13-12(15)14(17-9-16-13)19-11-6-4-3-5-7-11/h9-11H,3-8,15H2,1-2H3,(H2,16,17,18,19). The van der Waals surface area contributed by atoms with Crippen molar-refractivity contribution in [1.29, 1.82) is 0 Å². The molecule has 1 aliphatic rings. The topological polar surface area (TPSA) is 85.1 Å². The highest BCUT2D eigenvalue weighted by atomic mass is 16.5. The lowest BCUT2D eigenvalue weighted by Crippen LogP contribution is -2.25. The SMILES string of the molecule is COCC(C)Nc1ncnc(NC2CCCCC2)c1N. The zero-order valence-electron chi connectivity index (χ0n) is 12.4. The molecule has 1 aliphatic carbocycles. The molecule has 1 saturated carbocycles. The Morgan fingerprint density at radius 1 is 1.30 bits per heavy atom. The maximum atomic E-state index is 6.15. The van der Waals surface area contributed by atoms with Gasteiger partial charge in [0.15, 0.2) is 11.6 Å². The van der Waals surface area contributed by atoms with Gasteiger partial charge in [0.1, 0.15) is 12.0 Å². The van der Waals surface area contributed by atoms with Crippen LogP contribution >= 0.6 is 0 Å². The first kappa shape index (κ1) is 14.8. The molecule has 0 radical (unpaired) electrons. The van der Waals surface area contributed by atoms with Gasteiger partial charge in [-0.25, -0.2) is 9.97 Å². The van der Waals surface area contributed by atoms with Crippen molar-refractivity contribution in [2.45, 2.75) is 51.1 Å². The van der Waals surface area contributed by atoms with E-state index in [1.54, 1.807) is 13.4 Å². The summed E-state index contributed by atoms with van der Waals surface area (Å²) in [6, 6.07) is 0.630. The summed E-state index contributed by atoms with van der Waals surface area (Å²) in [5.74, 6) is 1.40. The molecule has 0 saturated heterocycles. The van der Waals surface area contributed by atoms with Gasteiger partial charge in [0.2, 0.25) is 0 Å². The third kappa shape index (κ3) is 3.96. The first-order valence-electron chi connectivity index (χ1n) is 7.33. The van der Waals surface area contributed by atoms with Crippen LogP contribution in [0.5, 0.6) is 0 Å². The fraction of sp³-hybridized carbons (Fsp3) is 0.714. The van der Waals surface area contributed by atoms with Crippen LogP contribution in [-0.2, 0) is 4.74 Å². The van der Waals surface area contributed by atoms with Gasteiger partial charge in [0.25, 0.3) is 0 Å². The van der Waals surface area contributed by atoms with Crippen molar-refractivity contribution in [2.24, 2.45) is 0 Å². The highest BCUT2D eigenvalue weighted by Crippen LogP contribution is 2.27. The Hall–Kier alpha value is -1.56. The zero-order valence-corrected chi connectivity index (χ0v) is 12.4. The van der Waals surface area contributed by atoms with Crippen LogP contribution in [0.1, 0.15) is 39.0 Å². The van der Waals surface area contributed by atoms with Gasteiger partial charge in [-0.3, -0.25) is 0 Å². The summed E-state index contributed by atoms with van der Waals surface area (Å²) in [4.78, 5) is 8.48. The van der Waals surface area contributed by atoms with Crippen molar-refractivity contribution in [3.05, 3.63) is 6.33 Å². The molecule has 0 aliphatic heterocycles. The van der Waals surface area contributed by atoms with Gasteiger partial charge < -0.3 is 21.1 Å². The summed E-state index contributed by atoms with van der Waals surface area (Å²) in [6.07, 6.45) is 7.80. The molecule has 1 heterocycles. The van der Waals surface area contributed by atoms with Gasteiger partial charge in [-0.05, 0) is 19.8 Å². The third-order valence-electron chi connectivity index (χ3n) is 3.63. The van der Waals surface area contributed by atoms with E-state index in [1.807, 2.05) is 6.92 Å². The first-order valence-corrected chi connectivity index (χ1v) is 7.33. The molecular formula is C14H25N5O. The predicted octanol–water partition coefficient (Wildman–Crippen LogP) is 2.25. The number of methoxy groups -OCH3 is 1. The number of anilines is 3. The molecule has 2 rings (SSSR count). The van der Waals surface area contributed by atoms with Crippen LogP contribution in [0.2, 0.25) is 0 Å². The van der Waals surface area contributed by atoms with Gasteiger partial charge in [-0.15, -0.1) is 0 Å². The van der Waals surface area contributed by atoms with Gasteiger partial charge in [-0.1, -0.05) is 19.3 Å². The summed E-state index contributed by atoms with van der Waals surface area (Å²) in [5.41, 5.74) is 6.74. The number of nitrogens with two attached hydrogens (primary N) is 1. The number of nitrogens with one attached hydrogen (secondary N) is 2. The van der Waals surface area contributed by atoms with E-state index >= 15 is 0 Å². The molecule has 6 nitrogen and oxygen atoms in total. The quantitative estimate of drug-likeness (QED) is 0.740. The molecular weight excluding hydrogens is 254 g/mol. The molecule has 1 fully saturated rings. The van der Waals surface area contributed by atoms with Crippen molar-refractivity contribution in [1.82, 2.24) is 9.97 Å². The van der Waals surface area contributed by atoms with Crippen molar-refractivity contribution < 1.29 is 4.74 Å². The zero-order chi connectivity index (χ0) is 14.4. The average molecular weight is 279 g/mol. The predicted molar refractivity (Wildman–Crippen MR) is 81.9 cm³/mol. The second-order valence-electron chi connectivity index (χ2n) is 5.46. The molecule has 112 valence electrons. The summed E-state index contributed by atoms with van der Waals surface area (Å²) in [6.45, 7) is 2.63. The molecule has 0 spiro atoms. The molecule has 0 aromatic carbocycles. The molecule has 0 bridgehead atoms. The minimum absolute atomic E-state index is 0.153. The Morgan fingerprint density at radius 2 is 2.00 bits per heavy atom. The number of hydrogen-bond donors (Lipinski definition) is 3. The number of rotatable bonds is 6. The molecule has 0 amide bonds. The minimum Gasteiger partial charge on any atom is -0.393 e. The Balaban J connectivity index is 2.02. The van der Waals surface area contributed by atoms with E-state index in [2.05, 4.69) is 20.6 Å². The highest BCUT2D eigenvalue weighted by molar-refractivity contribution is 5.74. The van der Waals surface area contributed by atoms with Crippen LogP contribution in [0.25, 0.3) is 0 Å². The Kier molecular flexibility index (Phi) is 5.40. The summed E-state index contributed by atoms with van der Waals surface area (Å²) < 4.78 is 5.11. The fourth-order valence-electron chi connectivity index (χ4n) is 2.59. The molecule has 20 heavy (non-hydrogen) atoms. The smallest absolute Gasteiger partial charge is 0.155 e. The number of ether oxygens (including phenoxy) is 1. The van der Waals surface area contributed by atoms with Gasteiger partial charge in [0, 0.05) is 19.2 Å². The van der Waals surface area contributed by atoms with E-state index in [9.17, 15) is 0 Å². The molecule has 1 atom stereocenters. The van der Waals surface area contributed by atoms with Crippen molar-refractivity contribution in [3.8, 4) is 0 Å². The van der Waals surface area contributed by atoms with Gasteiger partial charge >= 0.3 is 0 Å². The van der Waals surface area contributed by atoms with E-state index in [1.165, 1.54) is 32.1 Å². The maximum Gasteiger partial charge on any atom is 0.155 e. The van der Waals surface area contributed by atoms with Crippen LogP contribution in [-0.4, -0.2) is 35.8 Å². The first-order chi connectivity index (χ1) is 9.70. The number of nitrogens with zero attached hydrogens (tertiary/aromatic N) is 2. The van der Waals surface area contributed by atoms with Crippen LogP contribution in [0.4, 0.5) is 17.3 Å². The molecule has 4 N–H and O–H groups in total. The average Bonchev–Trinajstić information content (AvgIpc) is 2.45. The molecule has 1 unspecified atom stereocenters. The molecule has 6 heteroatoms.